The van der Waals surface area contributed by atoms with Crippen LogP contribution in [0, 0.1) is 0 Å². The Bertz CT molecular complexity index is 1130. The van der Waals surface area contributed by atoms with E-state index in [4.69, 9.17) is 9.40 Å². The first-order valence-electron chi connectivity index (χ1n) is 9.13. The van der Waals surface area contributed by atoms with Crippen molar-refractivity contribution in [2.75, 3.05) is 6.54 Å². The van der Waals surface area contributed by atoms with E-state index >= 15 is 0 Å². The molecule has 0 atom stereocenters. The summed E-state index contributed by atoms with van der Waals surface area (Å²) in [5.41, 5.74) is 3.57. The molecule has 140 valence electrons. The molecule has 28 heavy (non-hydrogen) atoms. The molecule has 0 unspecified atom stereocenters. The average Bonchev–Trinajstić information content (AvgIpc) is 3.43. The van der Waals surface area contributed by atoms with Crippen LogP contribution in [0.3, 0.4) is 0 Å². The van der Waals surface area contributed by atoms with Gasteiger partial charge in [0.2, 0.25) is 0 Å². The molecule has 0 saturated carbocycles. The molecule has 0 spiro atoms. The number of aromatic nitrogens is 3. The van der Waals surface area contributed by atoms with Crippen molar-refractivity contribution in [2.24, 2.45) is 0 Å². The third kappa shape index (κ3) is 3.30. The second-order valence-electron chi connectivity index (χ2n) is 6.81. The zero-order valence-electron chi connectivity index (χ0n) is 15.1. The highest BCUT2D eigenvalue weighted by atomic mass is 32.1. The van der Waals surface area contributed by atoms with Crippen molar-refractivity contribution >= 4 is 11.3 Å². The molecule has 0 amide bonds. The van der Waals surface area contributed by atoms with E-state index in [1.807, 2.05) is 41.9 Å². The van der Waals surface area contributed by atoms with Crippen LogP contribution in [-0.2, 0) is 19.5 Å². The zero-order valence-corrected chi connectivity index (χ0v) is 15.9. The van der Waals surface area contributed by atoms with Crippen molar-refractivity contribution in [3.63, 3.8) is 0 Å². The Balaban J connectivity index is 1.33. The van der Waals surface area contributed by atoms with E-state index in [9.17, 15) is 4.79 Å². The predicted molar refractivity (Wildman–Crippen MR) is 108 cm³/mol. The van der Waals surface area contributed by atoms with E-state index in [0.717, 1.165) is 52.7 Å². The maximum Gasteiger partial charge on any atom is 0.255 e. The van der Waals surface area contributed by atoms with Gasteiger partial charge < -0.3 is 9.40 Å². The fourth-order valence-electron chi connectivity index (χ4n) is 3.49. The number of nitrogens with one attached hydrogen (secondary N) is 1. The van der Waals surface area contributed by atoms with E-state index < -0.39 is 0 Å². The Hall–Kier alpha value is -3.03. The van der Waals surface area contributed by atoms with Crippen LogP contribution in [0.25, 0.3) is 22.2 Å². The number of pyridine rings is 1. The molecule has 1 aliphatic heterocycles. The van der Waals surface area contributed by atoms with Gasteiger partial charge in [-0.3, -0.25) is 14.7 Å². The van der Waals surface area contributed by atoms with Crippen molar-refractivity contribution in [1.29, 1.82) is 0 Å². The highest BCUT2D eigenvalue weighted by molar-refractivity contribution is 7.13. The molecule has 5 rings (SSSR count). The highest BCUT2D eigenvalue weighted by Crippen LogP contribution is 2.23. The molecule has 0 radical (unpaired) electrons. The second kappa shape index (κ2) is 7.18. The van der Waals surface area contributed by atoms with E-state index in [1.54, 1.807) is 17.6 Å². The molecular formula is C21H18N4O2S. The van der Waals surface area contributed by atoms with Gasteiger partial charge in [0.25, 0.3) is 5.56 Å². The fraction of sp³-hybridized carbons (Fsp3) is 0.190. The largest absolute Gasteiger partial charge is 0.463 e. The van der Waals surface area contributed by atoms with Crippen LogP contribution >= 0.6 is 11.3 Å². The van der Waals surface area contributed by atoms with Gasteiger partial charge in [-0.15, -0.1) is 11.3 Å². The van der Waals surface area contributed by atoms with Gasteiger partial charge in [-0.25, -0.2) is 4.98 Å². The number of fused-ring (bicyclic) bond motifs is 1. The molecule has 0 saturated heterocycles. The number of hydrogen-bond acceptors (Lipinski definition) is 6. The van der Waals surface area contributed by atoms with Gasteiger partial charge >= 0.3 is 0 Å². The summed E-state index contributed by atoms with van der Waals surface area (Å²) in [6.45, 7) is 2.21. The van der Waals surface area contributed by atoms with Crippen LogP contribution in [0.15, 0.2) is 63.4 Å². The summed E-state index contributed by atoms with van der Waals surface area (Å²) in [5, 5.41) is 1.99. The van der Waals surface area contributed by atoms with Gasteiger partial charge in [0.05, 0.1) is 22.4 Å². The van der Waals surface area contributed by atoms with Crippen LogP contribution in [0.5, 0.6) is 0 Å². The molecule has 7 heteroatoms. The van der Waals surface area contributed by atoms with Gasteiger partial charge in [0, 0.05) is 32.3 Å². The lowest BCUT2D eigenvalue weighted by Gasteiger charge is -2.27. The van der Waals surface area contributed by atoms with Crippen LogP contribution in [0.1, 0.15) is 16.8 Å². The quantitative estimate of drug-likeness (QED) is 0.575. The zero-order chi connectivity index (χ0) is 18.9. The lowest BCUT2D eigenvalue weighted by molar-refractivity contribution is 0.241. The minimum absolute atomic E-state index is 0.0376. The summed E-state index contributed by atoms with van der Waals surface area (Å²) >= 11 is 1.58. The maximum atomic E-state index is 12.6. The van der Waals surface area contributed by atoms with Crippen LogP contribution in [-0.4, -0.2) is 26.4 Å². The molecule has 4 aromatic rings. The topological polar surface area (TPSA) is 75.0 Å². The first-order valence-corrected chi connectivity index (χ1v) is 10.0. The molecule has 1 aliphatic rings. The van der Waals surface area contributed by atoms with Gasteiger partial charge in [0.15, 0.2) is 11.6 Å². The van der Waals surface area contributed by atoms with Gasteiger partial charge in [-0.05, 0) is 35.2 Å². The number of H-pyrrole nitrogens is 1. The molecule has 0 aliphatic carbocycles. The average molecular weight is 390 g/mol. The molecule has 5 heterocycles. The number of rotatable bonds is 4. The molecule has 0 fully saturated rings. The number of furan rings is 1. The molecule has 0 bridgehead atoms. The van der Waals surface area contributed by atoms with Crippen molar-refractivity contribution in [3.8, 4) is 22.2 Å². The fourth-order valence-corrected chi connectivity index (χ4v) is 4.16. The van der Waals surface area contributed by atoms with E-state index in [1.165, 1.54) is 0 Å². The molecule has 6 nitrogen and oxygen atoms in total. The van der Waals surface area contributed by atoms with Gasteiger partial charge in [-0.1, -0.05) is 12.1 Å². The van der Waals surface area contributed by atoms with Gasteiger partial charge in [0.1, 0.15) is 5.69 Å². The second-order valence-corrected chi connectivity index (χ2v) is 7.75. The van der Waals surface area contributed by atoms with Crippen molar-refractivity contribution in [1.82, 2.24) is 19.9 Å². The summed E-state index contributed by atoms with van der Waals surface area (Å²) in [7, 11) is 0. The third-order valence-electron chi connectivity index (χ3n) is 4.91. The Morgan fingerprint density at radius 3 is 2.93 bits per heavy atom. The molecule has 0 aromatic carbocycles. The van der Waals surface area contributed by atoms with Crippen LogP contribution in [0.2, 0.25) is 0 Å². The summed E-state index contributed by atoms with van der Waals surface area (Å²) in [5.74, 6) is 1.43. The Kier molecular flexibility index (Phi) is 4.38. The SMILES string of the molecule is O=c1[nH]c(-c2cccs2)nc2c1CN(Cc1ccc(-c3ccco3)nc1)CC2. The minimum atomic E-state index is -0.0376. The first-order chi connectivity index (χ1) is 13.8. The normalized spacial score (nSPS) is 14.1. The number of aromatic amines is 1. The van der Waals surface area contributed by atoms with Gasteiger partial charge in [-0.2, -0.15) is 0 Å². The number of nitrogens with zero attached hydrogens (tertiary/aromatic N) is 3. The van der Waals surface area contributed by atoms with Crippen molar-refractivity contribution in [3.05, 3.63) is 81.4 Å². The molecule has 1 N–H and O–H groups in total. The van der Waals surface area contributed by atoms with E-state index in [-0.39, 0.29) is 5.56 Å². The summed E-state index contributed by atoms with van der Waals surface area (Å²) < 4.78 is 5.38. The monoisotopic (exact) mass is 390 g/mol. The van der Waals surface area contributed by atoms with Crippen molar-refractivity contribution < 1.29 is 4.42 Å². The predicted octanol–water partition coefficient (Wildman–Crippen LogP) is 3.71. The minimum Gasteiger partial charge on any atom is -0.463 e. The highest BCUT2D eigenvalue weighted by Gasteiger charge is 2.22. The lowest BCUT2D eigenvalue weighted by atomic mass is 10.1. The first kappa shape index (κ1) is 17.1. The smallest absolute Gasteiger partial charge is 0.255 e. The summed E-state index contributed by atoms with van der Waals surface area (Å²) in [6.07, 6.45) is 4.29. The van der Waals surface area contributed by atoms with Crippen molar-refractivity contribution in [2.45, 2.75) is 19.5 Å². The molecule has 4 aromatic heterocycles. The Morgan fingerprint density at radius 1 is 1.21 bits per heavy atom. The van der Waals surface area contributed by atoms with Crippen LogP contribution < -0.4 is 5.56 Å². The Labute approximate surface area is 165 Å². The standard InChI is InChI=1S/C21H18N4O2S/c26-21-15-13-25(8-7-16(15)23-20(24-21)19-4-2-10-28-19)12-14-5-6-17(22-11-14)18-3-1-9-27-18/h1-6,9-11H,7-8,12-13H2,(H,23,24,26). The van der Waals surface area contributed by atoms with Crippen LogP contribution in [0.4, 0.5) is 0 Å². The number of thiophene rings is 1. The lowest BCUT2D eigenvalue weighted by Crippen LogP contribution is -2.35. The van der Waals surface area contributed by atoms with E-state index in [2.05, 4.69) is 20.9 Å². The maximum absolute atomic E-state index is 12.6. The van der Waals surface area contributed by atoms with E-state index in [0.29, 0.717) is 12.4 Å². The third-order valence-corrected chi connectivity index (χ3v) is 5.78. The number of hydrogen-bond donors (Lipinski definition) is 1. The molecular weight excluding hydrogens is 372 g/mol. The Morgan fingerprint density at radius 2 is 2.18 bits per heavy atom. The summed E-state index contributed by atoms with van der Waals surface area (Å²) in [6, 6.07) is 11.7. The summed E-state index contributed by atoms with van der Waals surface area (Å²) in [4.78, 5) is 28.0.